The third kappa shape index (κ3) is 5.18. The van der Waals surface area contributed by atoms with Crippen LogP contribution in [-0.2, 0) is 11.2 Å². The van der Waals surface area contributed by atoms with Crippen molar-refractivity contribution in [2.45, 2.75) is 6.42 Å². The van der Waals surface area contributed by atoms with E-state index in [1.165, 1.54) is 32.6 Å². The molecule has 0 bridgehead atoms. The summed E-state index contributed by atoms with van der Waals surface area (Å²) in [5.41, 5.74) is 3.29. The topological polar surface area (TPSA) is 112 Å². The molecule has 0 aromatic heterocycles. The summed E-state index contributed by atoms with van der Waals surface area (Å²) in [6.45, 7) is 0. The van der Waals surface area contributed by atoms with Gasteiger partial charge in [0.05, 0.1) is 38.9 Å². The molecule has 9 heteroatoms. The lowest BCUT2D eigenvalue weighted by Crippen LogP contribution is -2.19. The fraction of sp³-hybridized carbons (Fsp3) is 0.222. The van der Waals surface area contributed by atoms with Crippen LogP contribution in [0.25, 0.3) is 0 Å². The molecule has 27 heavy (non-hydrogen) atoms. The summed E-state index contributed by atoms with van der Waals surface area (Å²) in [6.07, 6.45) is 1.42. The third-order valence-corrected chi connectivity index (χ3v) is 3.60. The zero-order valence-electron chi connectivity index (χ0n) is 15.1. The molecule has 0 aliphatic rings. The number of nitrogens with zero attached hydrogens (tertiary/aromatic N) is 2. The molecular weight excluding hydrogens is 354 g/mol. The fourth-order valence-electron chi connectivity index (χ4n) is 2.32. The van der Waals surface area contributed by atoms with Crippen molar-refractivity contribution in [2.75, 3.05) is 21.3 Å². The van der Waals surface area contributed by atoms with Gasteiger partial charge in [0, 0.05) is 11.6 Å². The van der Waals surface area contributed by atoms with Crippen LogP contribution < -0.4 is 19.6 Å². The van der Waals surface area contributed by atoms with Crippen LogP contribution in [0.4, 0.5) is 5.69 Å². The number of methoxy groups -OCH3 is 3. The molecule has 0 heterocycles. The van der Waals surface area contributed by atoms with Gasteiger partial charge in [-0.25, -0.2) is 5.43 Å². The molecule has 1 amide bonds. The predicted octanol–water partition coefficient (Wildman–Crippen LogP) is 2.31. The van der Waals surface area contributed by atoms with Gasteiger partial charge in [-0.3, -0.25) is 14.9 Å². The molecule has 0 aliphatic carbocycles. The Hall–Kier alpha value is -3.62. The minimum absolute atomic E-state index is 0.0168. The van der Waals surface area contributed by atoms with Gasteiger partial charge in [-0.1, -0.05) is 12.1 Å². The number of ether oxygens (including phenoxy) is 3. The van der Waals surface area contributed by atoms with Gasteiger partial charge in [-0.05, 0) is 23.8 Å². The largest absolute Gasteiger partial charge is 0.497 e. The maximum Gasteiger partial charge on any atom is 0.315 e. The fourth-order valence-corrected chi connectivity index (χ4v) is 2.32. The number of carbonyl (C=O) groups excluding carboxylic acids is 1. The average molecular weight is 373 g/mol. The molecule has 0 fully saturated rings. The molecule has 142 valence electrons. The second-order valence-corrected chi connectivity index (χ2v) is 5.35. The molecule has 0 unspecified atom stereocenters. The molecular formula is C18H19N3O6. The van der Waals surface area contributed by atoms with E-state index in [-0.39, 0.29) is 29.5 Å². The number of carbonyl (C=O) groups is 1. The minimum Gasteiger partial charge on any atom is -0.497 e. The van der Waals surface area contributed by atoms with E-state index in [4.69, 9.17) is 14.2 Å². The van der Waals surface area contributed by atoms with Crippen LogP contribution in [0.3, 0.4) is 0 Å². The van der Waals surface area contributed by atoms with Crippen molar-refractivity contribution in [2.24, 2.45) is 5.10 Å². The molecule has 0 saturated heterocycles. The van der Waals surface area contributed by atoms with Gasteiger partial charge in [0.1, 0.15) is 5.75 Å². The number of hydrazone groups is 1. The van der Waals surface area contributed by atoms with E-state index in [0.29, 0.717) is 11.3 Å². The number of nitro benzene ring substituents is 1. The number of rotatable bonds is 8. The van der Waals surface area contributed by atoms with E-state index in [9.17, 15) is 14.9 Å². The summed E-state index contributed by atoms with van der Waals surface area (Å²) in [6, 6.07) is 9.87. The van der Waals surface area contributed by atoms with Crippen molar-refractivity contribution in [1.82, 2.24) is 5.43 Å². The Labute approximate surface area is 155 Å². The van der Waals surface area contributed by atoms with Gasteiger partial charge in [-0.2, -0.15) is 5.10 Å². The second kappa shape index (κ2) is 9.18. The first-order valence-corrected chi connectivity index (χ1v) is 7.83. The molecule has 9 nitrogen and oxygen atoms in total. The van der Waals surface area contributed by atoms with Gasteiger partial charge in [-0.15, -0.1) is 0 Å². The van der Waals surface area contributed by atoms with Crippen molar-refractivity contribution in [3.05, 3.63) is 57.6 Å². The zero-order valence-corrected chi connectivity index (χ0v) is 15.1. The van der Waals surface area contributed by atoms with Crippen LogP contribution in [0, 0.1) is 10.1 Å². The number of hydrogen-bond acceptors (Lipinski definition) is 7. The van der Waals surface area contributed by atoms with Crippen molar-refractivity contribution < 1.29 is 23.9 Å². The molecule has 0 saturated carbocycles. The van der Waals surface area contributed by atoms with Crippen molar-refractivity contribution >= 4 is 17.8 Å². The maximum absolute atomic E-state index is 11.9. The number of benzene rings is 2. The molecule has 0 radical (unpaired) electrons. The van der Waals surface area contributed by atoms with E-state index < -0.39 is 4.92 Å². The van der Waals surface area contributed by atoms with Gasteiger partial charge >= 0.3 is 5.69 Å². The monoisotopic (exact) mass is 373 g/mol. The van der Waals surface area contributed by atoms with E-state index >= 15 is 0 Å². The summed E-state index contributed by atoms with van der Waals surface area (Å²) in [4.78, 5) is 22.5. The van der Waals surface area contributed by atoms with E-state index in [2.05, 4.69) is 10.5 Å². The SMILES string of the molecule is COc1ccc(CC(=O)N/N=C\c2cc(OC)c(OC)c([N+](=O)[O-])c2)cc1. The van der Waals surface area contributed by atoms with Gasteiger partial charge in [0.25, 0.3) is 0 Å². The highest BCUT2D eigenvalue weighted by molar-refractivity contribution is 5.85. The molecule has 0 aliphatic heterocycles. The summed E-state index contributed by atoms with van der Waals surface area (Å²) in [5.74, 6) is 0.583. The second-order valence-electron chi connectivity index (χ2n) is 5.35. The third-order valence-electron chi connectivity index (χ3n) is 3.60. The van der Waals surface area contributed by atoms with Crippen LogP contribution in [0.2, 0.25) is 0 Å². The molecule has 2 aromatic carbocycles. The van der Waals surface area contributed by atoms with Gasteiger partial charge < -0.3 is 14.2 Å². The van der Waals surface area contributed by atoms with Crippen LogP contribution in [0.5, 0.6) is 17.2 Å². The maximum atomic E-state index is 11.9. The Kier molecular flexibility index (Phi) is 6.70. The number of nitrogens with one attached hydrogen (secondary N) is 1. The van der Waals surface area contributed by atoms with Crippen molar-refractivity contribution in [3.63, 3.8) is 0 Å². The highest BCUT2D eigenvalue weighted by Crippen LogP contribution is 2.37. The smallest absolute Gasteiger partial charge is 0.315 e. The van der Waals surface area contributed by atoms with Gasteiger partial charge in [0.15, 0.2) is 5.75 Å². The Morgan fingerprint density at radius 3 is 2.41 bits per heavy atom. The van der Waals surface area contributed by atoms with E-state index in [1.54, 1.807) is 31.4 Å². The van der Waals surface area contributed by atoms with Crippen molar-refractivity contribution in [3.8, 4) is 17.2 Å². The molecule has 2 rings (SSSR count). The van der Waals surface area contributed by atoms with Crippen LogP contribution in [-0.4, -0.2) is 38.4 Å². The first-order valence-electron chi connectivity index (χ1n) is 7.83. The first-order chi connectivity index (χ1) is 13.0. The molecule has 0 atom stereocenters. The van der Waals surface area contributed by atoms with E-state index in [0.717, 1.165) is 5.56 Å². The first kappa shape index (κ1) is 19.7. The molecule has 0 spiro atoms. The number of hydrogen-bond donors (Lipinski definition) is 1. The Morgan fingerprint density at radius 2 is 1.85 bits per heavy atom. The Bertz CT molecular complexity index is 849. The minimum atomic E-state index is -0.582. The van der Waals surface area contributed by atoms with Crippen molar-refractivity contribution in [1.29, 1.82) is 0 Å². The van der Waals surface area contributed by atoms with E-state index in [1.807, 2.05) is 0 Å². The quantitative estimate of drug-likeness (QED) is 0.432. The number of nitro groups is 1. The lowest BCUT2D eigenvalue weighted by atomic mass is 10.1. The predicted molar refractivity (Wildman–Crippen MR) is 98.6 cm³/mol. The molecule has 1 N–H and O–H groups in total. The Balaban J connectivity index is 2.07. The van der Waals surface area contributed by atoms with Crippen LogP contribution in [0.1, 0.15) is 11.1 Å². The highest BCUT2D eigenvalue weighted by Gasteiger charge is 2.21. The Morgan fingerprint density at radius 1 is 1.15 bits per heavy atom. The normalized spacial score (nSPS) is 10.5. The lowest BCUT2D eigenvalue weighted by Gasteiger charge is -2.08. The lowest BCUT2D eigenvalue weighted by molar-refractivity contribution is -0.385. The summed E-state index contributed by atoms with van der Waals surface area (Å²) in [7, 11) is 4.26. The number of amides is 1. The van der Waals surface area contributed by atoms with Crippen LogP contribution in [0.15, 0.2) is 41.5 Å². The zero-order chi connectivity index (χ0) is 19.8. The summed E-state index contributed by atoms with van der Waals surface area (Å²) >= 11 is 0. The van der Waals surface area contributed by atoms with Crippen LogP contribution >= 0.6 is 0 Å². The van der Waals surface area contributed by atoms with Gasteiger partial charge in [0.2, 0.25) is 11.7 Å². The highest BCUT2D eigenvalue weighted by atomic mass is 16.6. The average Bonchev–Trinajstić information content (AvgIpc) is 2.67. The standard InChI is InChI=1S/C18H19N3O6/c1-25-14-6-4-12(5-7-14)10-17(22)20-19-11-13-8-15(21(23)24)18(27-3)16(9-13)26-2/h4-9,11H,10H2,1-3H3,(H,20,22)/b19-11-. The summed E-state index contributed by atoms with van der Waals surface area (Å²) in [5, 5.41) is 15.0. The summed E-state index contributed by atoms with van der Waals surface area (Å²) < 4.78 is 15.2. The molecule has 2 aromatic rings.